The Balaban J connectivity index is 0.00000146. The molecule has 1 aliphatic carbocycles. The standard InChI is InChI=1S/C20H24N2O.ClH/c1-3-13-11-22(2)9-8-20-16-6-4-5-7-17(16)21-19(20)15(12-23)14(13)10-18(20)22;/h4-7,12-14,18H,3,8-11H2,1-2H3;1H/t13?,14-,18-,20?,22?;/m0./s1. The van der Waals surface area contributed by atoms with E-state index in [0.29, 0.717) is 17.9 Å². The number of likely N-dealkylation sites (N-methyl/N-ethyl adjacent to an activating group) is 1. The Morgan fingerprint density at radius 2 is 2.17 bits per heavy atom. The zero-order chi connectivity index (χ0) is 15.8. The van der Waals surface area contributed by atoms with E-state index in [9.17, 15) is 4.79 Å². The lowest BCUT2D eigenvalue weighted by atomic mass is 9.60. The van der Waals surface area contributed by atoms with Crippen molar-refractivity contribution < 1.29 is 21.7 Å². The third-order valence-corrected chi connectivity index (χ3v) is 7.49. The van der Waals surface area contributed by atoms with Gasteiger partial charge in [-0.2, -0.15) is 0 Å². The number of hydrogen-bond acceptors (Lipinski definition) is 2. The van der Waals surface area contributed by atoms with Gasteiger partial charge in [-0.25, -0.2) is 0 Å². The van der Waals surface area contributed by atoms with Gasteiger partial charge in [0.25, 0.3) is 0 Å². The average Bonchev–Trinajstić information content (AvgIpc) is 3.08. The summed E-state index contributed by atoms with van der Waals surface area (Å²) >= 11 is 0. The topological polar surface area (TPSA) is 29.1 Å². The van der Waals surface area contributed by atoms with Gasteiger partial charge in [0.05, 0.1) is 25.6 Å². The van der Waals surface area contributed by atoms with Gasteiger partial charge in [0.1, 0.15) is 12.3 Å². The van der Waals surface area contributed by atoms with Crippen LogP contribution in [0.4, 0.5) is 5.69 Å². The van der Waals surface area contributed by atoms with Crippen LogP contribution < -0.4 is 17.7 Å². The highest BCUT2D eigenvalue weighted by Crippen LogP contribution is 2.62. The number of fused-ring (bicyclic) bond motifs is 2. The summed E-state index contributed by atoms with van der Waals surface area (Å²) in [6, 6.07) is 9.36. The number of nitrogens with zero attached hydrogens (tertiary/aromatic N) is 1. The van der Waals surface area contributed by atoms with Crippen molar-refractivity contribution in [1.82, 2.24) is 0 Å². The lowest BCUT2D eigenvalue weighted by molar-refractivity contribution is -0.933. The fourth-order valence-electron chi connectivity index (χ4n) is 6.48. The van der Waals surface area contributed by atoms with Crippen molar-refractivity contribution >= 4 is 12.0 Å². The maximum Gasteiger partial charge on any atom is 0.148 e. The van der Waals surface area contributed by atoms with Crippen molar-refractivity contribution in [3.05, 3.63) is 41.1 Å². The molecule has 3 aliphatic heterocycles. The largest absolute Gasteiger partial charge is 1.00 e. The summed E-state index contributed by atoms with van der Waals surface area (Å²) in [6.45, 7) is 4.76. The van der Waals surface area contributed by atoms with Crippen LogP contribution in [0, 0.1) is 11.8 Å². The molecule has 2 saturated heterocycles. The molecule has 1 aromatic carbocycles. The van der Waals surface area contributed by atoms with Crippen LogP contribution in [0.25, 0.3) is 0 Å². The van der Waals surface area contributed by atoms with E-state index in [1.165, 1.54) is 60.1 Å². The molecule has 0 saturated carbocycles. The van der Waals surface area contributed by atoms with E-state index in [-0.39, 0.29) is 17.8 Å². The minimum atomic E-state index is 0. The zero-order valence-corrected chi connectivity index (χ0v) is 15.1. The maximum atomic E-state index is 12.1. The van der Waals surface area contributed by atoms with Gasteiger partial charge in [0.2, 0.25) is 0 Å². The number of halogens is 1. The predicted octanol–water partition coefficient (Wildman–Crippen LogP) is 0.0855. The van der Waals surface area contributed by atoms with Gasteiger partial charge in [-0.3, -0.25) is 4.79 Å². The third kappa shape index (κ3) is 1.65. The first-order valence-electron chi connectivity index (χ1n) is 9.04. The van der Waals surface area contributed by atoms with Crippen LogP contribution in [-0.2, 0) is 10.2 Å². The molecule has 2 bridgehead atoms. The fraction of sp³-hybridized carbons (Fsp3) is 0.550. The van der Waals surface area contributed by atoms with Crippen molar-refractivity contribution in [3.63, 3.8) is 0 Å². The van der Waals surface area contributed by atoms with Crippen LogP contribution in [0.15, 0.2) is 35.5 Å². The summed E-state index contributed by atoms with van der Waals surface area (Å²) in [7, 11) is 2.46. The molecule has 5 atom stereocenters. The van der Waals surface area contributed by atoms with Gasteiger partial charge < -0.3 is 22.2 Å². The Bertz CT molecular complexity index is 745. The van der Waals surface area contributed by atoms with E-state index in [4.69, 9.17) is 0 Å². The normalized spacial score (nSPS) is 41.2. The van der Waals surface area contributed by atoms with Gasteiger partial charge in [0.15, 0.2) is 0 Å². The molecule has 1 N–H and O–H groups in total. The van der Waals surface area contributed by atoms with Crippen LogP contribution in [0.2, 0.25) is 0 Å². The van der Waals surface area contributed by atoms with Crippen molar-refractivity contribution in [2.75, 3.05) is 25.5 Å². The van der Waals surface area contributed by atoms with Crippen LogP contribution in [-0.4, -0.2) is 36.9 Å². The van der Waals surface area contributed by atoms with E-state index in [2.05, 4.69) is 43.6 Å². The first kappa shape index (κ1) is 16.2. The van der Waals surface area contributed by atoms with Crippen molar-refractivity contribution in [2.24, 2.45) is 11.8 Å². The minimum Gasteiger partial charge on any atom is -1.00 e. The Hall–Kier alpha value is -1.32. The Morgan fingerprint density at radius 3 is 2.92 bits per heavy atom. The average molecular weight is 345 g/mol. The van der Waals surface area contributed by atoms with Gasteiger partial charge in [-0.15, -0.1) is 0 Å². The third-order valence-electron chi connectivity index (χ3n) is 7.49. The number of carbonyl (C=O) groups is 1. The molecule has 3 heterocycles. The highest BCUT2D eigenvalue weighted by Gasteiger charge is 2.67. The predicted molar refractivity (Wildman–Crippen MR) is 91.0 cm³/mol. The van der Waals surface area contributed by atoms with Gasteiger partial charge in [0, 0.05) is 41.6 Å². The summed E-state index contributed by atoms with van der Waals surface area (Å²) in [5.74, 6) is 1.10. The van der Waals surface area contributed by atoms with Crippen LogP contribution in [0.3, 0.4) is 0 Å². The smallest absolute Gasteiger partial charge is 0.148 e. The molecule has 0 radical (unpaired) electrons. The van der Waals surface area contributed by atoms with Crippen LogP contribution in [0.1, 0.15) is 31.7 Å². The van der Waals surface area contributed by atoms with E-state index in [1.807, 2.05) is 0 Å². The number of hydrogen-bond donors (Lipinski definition) is 1. The van der Waals surface area contributed by atoms with Gasteiger partial charge >= 0.3 is 0 Å². The van der Waals surface area contributed by atoms with E-state index in [0.717, 1.165) is 5.57 Å². The van der Waals surface area contributed by atoms with Crippen LogP contribution in [0.5, 0.6) is 0 Å². The molecular formula is C20H25ClN2O. The number of para-hydroxylation sites is 1. The second kappa shape index (κ2) is 5.09. The first-order valence-corrected chi connectivity index (χ1v) is 9.04. The van der Waals surface area contributed by atoms with E-state index < -0.39 is 0 Å². The number of nitrogens with one attached hydrogen (secondary N) is 1. The van der Waals surface area contributed by atoms with Crippen molar-refractivity contribution in [3.8, 4) is 0 Å². The summed E-state index contributed by atoms with van der Waals surface area (Å²) in [5.41, 5.74) is 5.08. The minimum absolute atomic E-state index is 0. The number of allylic oxidation sites excluding steroid dienone is 1. The van der Waals surface area contributed by atoms with E-state index >= 15 is 0 Å². The van der Waals surface area contributed by atoms with E-state index in [1.54, 1.807) is 0 Å². The number of aldehydes is 1. The summed E-state index contributed by atoms with van der Waals surface area (Å²) in [5, 5.41) is 3.68. The molecule has 0 aromatic heterocycles. The Kier molecular flexibility index (Phi) is 3.43. The fourth-order valence-corrected chi connectivity index (χ4v) is 6.48. The molecule has 1 aromatic rings. The summed E-state index contributed by atoms with van der Waals surface area (Å²) in [4.78, 5) is 12.1. The number of carbonyl (C=O) groups excluding carboxylic acids is 1. The molecule has 5 rings (SSSR count). The molecule has 0 amide bonds. The zero-order valence-electron chi connectivity index (χ0n) is 14.4. The van der Waals surface area contributed by atoms with Crippen molar-refractivity contribution in [2.45, 2.75) is 37.6 Å². The molecule has 24 heavy (non-hydrogen) atoms. The molecule has 4 heteroatoms. The molecule has 128 valence electrons. The molecule has 4 aliphatic rings. The molecule has 3 nitrogen and oxygen atoms in total. The SMILES string of the molecule is CCC1C[N+]2(C)CCC34C(=C(C=O)[C@H]1C[C@@H]32)Nc1ccccc14.[Cl-]. The summed E-state index contributed by atoms with van der Waals surface area (Å²) in [6.07, 6.45) is 4.71. The highest BCUT2D eigenvalue weighted by atomic mass is 35.5. The molecule has 3 unspecified atom stereocenters. The highest BCUT2D eigenvalue weighted by molar-refractivity contribution is 5.83. The molecule has 2 fully saturated rings. The number of anilines is 1. The number of quaternary nitrogens is 1. The van der Waals surface area contributed by atoms with Gasteiger partial charge in [-0.1, -0.05) is 25.1 Å². The van der Waals surface area contributed by atoms with Crippen LogP contribution >= 0.6 is 0 Å². The van der Waals surface area contributed by atoms with Gasteiger partial charge in [-0.05, 0) is 18.1 Å². The first-order chi connectivity index (χ1) is 11.1. The second-order valence-electron chi connectivity index (χ2n) is 8.25. The monoisotopic (exact) mass is 344 g/mol. The molecular weight excluding hydrogens is 320 g/mol. The second-order valence-corrected chi connectivity index (χ2v) is 8.25. The lowest BCUT2D eigenvalue weighted by Crippen LogP contribution is -3.00. The summed E-state index contributed by atoms with van der Waals surface area (Å²) < 4.78 is 1.20. The number of rotatable bonds is 2. The number of benzene rings is 1. The number of piperidine rings is 1. The Labute approximate surface area is 150 Å². The maximum absolute atomic E-state index is 12.1. The Morgan fingerprint density at radius 1 is 1.38 bits per heavy atom. The van der Waals surface area contributed by atoms with Crippen molar-refractivity contribution in [1.29, 1.82) is 0 Å². The lowest BCUT2D eigenvalue weighted by Gasteiger charge is -2.53. The quantitative estimate of drug-likeness (QED) is 0.608. The molecule has 1 spiro atoms.